The van der Waals surface area contributed by atoms with Gasteiger partial charge in [0.15, 0.2) is 0 Å². The van der Waals surface area contributed by atoms with Gasteiger partial charge in [0, 0.05) is 5.56 Å². The molecule has 0 bridgehead atoms. The molecular formula is C16H15Cl4N2O+. The number of hydrogen-bond acceptors (Lipinski definition) is 1. The molecule has 0 aliphatic carbocycles. The van der Waals surface area contributed by atoms with E-state index in [1.165, 1.54) is 0 Å². The second-order valence-electron chi connectivity index (χ2n) is 4.90. The van der Waals surface area contributed by atoms with Crippen LogP contribution in [0.1, 0.15) is 15.9 Å². The normalized spacial score (nSPS) is 12.7. The van der Waals surface area contributed by atoms with Crippen molar-refractivity contribution in [3.05, 3.63) is 70.7 Å². The highest BCUT2D eigenvalue weighted by atomic mass is 35.6. The van der Waals surface area contributed by atoms with Gasteiger partial charge < -0.3 is 5.32 Å². The summed E-state index contributed by atoms with van der Waals surface area (Å²) in [5, 5.41) is 4.81. The van der Waals surface area contributed by atoms with Gasteiger partial charge in [-0.3, -0.25) is 10.1 Å². The first-order valence-corrected chi connectivity index (χ1v) is 8.38. The molecule has 0 spiro atoms. The van der Waals surface area contributed by atoms with Gasteiger partial charge in [0.05, 0.1) is 10.6 Å². The van der Waals surface area contributed by atoms with Crippen molar-refractivity contribution in [2.75, 3.05) is 0 Å². The van der Waals surface area contributed by atoms with Crippen LogP contribution in [0.25, 0.3) is 0 Å². The second-order valence-corrected chi connectivity index (χ2v) is 7.67. The zero-order valence-electron chi connectivity index (χ0n) is 12.0. The predicted molar refractivity (Wildman–Crippen MR) is 95.1 cm³/mol. The Kier molecular flexibility index (Phi) is 6.57. The van der Waals surface area contributed by atoms with Crippen molar-refractivity contribution in [2.24, 2.45) is 0 Å². The molecule has 0 fully saturated rings. The van der Waals surface area contributed by atoms with Crippen molar-refractivity contribution in [2.45, 2.75) is 16.5 Å². The Morgan fingerprint density at radius 3 is 2.26 bits per heavy atom. The minimum atomic E-state index is -1.66. The summed E-state index contributed by atoms with van der Waals surface area (Å²) in [5.74, 6) is -0.392. The molecule has 2 aromatic carbocycles. The lowest BCUT2D eigenvalue weighted by molar-refractivity contribution is -0.706. The molecule has 122 valence electrons. The molecule has 0 heterocycles. The molecule has 2 rings (SSSR count). The van der Waals surface area contributed by atoms with Crippen molar-refractivity contribution in [3.8, 4) is 0 Å². The minimum absolute atomic E-state index is 0.335. The Bertz CT molecular complexity index is 659. The third-order valence-corrected chi connectivity index (χ3v) is 4.22. The smallest absolute Gasteiger partial charge is 0.262 e. The van der Waals surface area contributed by atoms with Crippen LogP contribution in [0.4, 0.5) is 0 Å². The van der Waals surface area contributed by atoms with E-state index in [9.17, 15) is 4.79 Å². The van der Waals surface area contributed by atoms with E-state index in [1.807, 2.05) is 30.3 Å². The summed E-state index contributed by atoms with van der Waals surface area (Å²) in [5.41, 5.74) is 1.39. The van der Waals surface area contributed by atoms with Gasteiger partial charge in [-0.1, -0.05) is 88.9 Å². The summed E-state index contributed by atoms with van der Waals surface area (Å²) in [6.07, 6.45) is -0.753. The maximum Gasteiger partial charge on any atom is 0.262 e. The molecule has 3 nitrogen and oxygen atoms in total. The second kappa shape index (κ2) is 8.22. The van der Waals surface area contributed by atoms with Gasteiger partial charge in [-0.25, -0.2) is 0 Å². The van der Waals surface area contributed by atoms with Gasteiger partial charge >= 0.3 is 0 Å². The van der Waals surface area contributed by atoms with Gasteiger partial charge in [0.2, 0.25) is 6.17 Å². The summed E-state index contributed by atoms with van der Waals surface area (Å²) in [4.78, 5) is 12.3. The van der Waals surface area contributed by atoms with Gasteiger partial charge in [-0.15, -0.1) is 0 Å². The van der Waals surface area contributed by atoms with Gasteiger partial charge in [0.25, 0.3) is 9.70 Å². The van der Waals surface area contributed by atoms with Crippen LogP contribution in [0.3, 0.4) is 0 Å². The first kappa shape index (κ1) is 18.4. The molecular weight excluding hydrogens is 378 g/mol. The summed E-state index contributed by atoms with van der Waals surface area (Å²) >= 11 is 24.0. The Balaban J connectivity index is 2.07. The molecule has 0 saturated carbocycles. The number of benzene rings is 2. The summed E-state index contributed by atoms with van der Waals surface area (Å²) < 4.78 is -1.66. The van der Waals surface area contributed by atoms with E-state index in [2.05, 4.69) is 5.32 Å². The zero-order chi connectivity index (χ0) is 16.9. The van der Waals surface area contributed by atoms with Crippen molar-refractivity contribution in [3.63, 3.8) is 0 Å². The molecule has 3 N–H and O–H groups in total. The molecule has 7 heteroatoms. The number of halogens is 4. The van der Waals surface area contributed by atoms with Crippen molar-refractivity contribution >= 4 is 52.3 Å². The highest BCUT2D eigenvalue weighted by Crippen LogP contribution is 2.28. The van der Waals surface area contributed by atoms with Gasteiger partial charge in [0.1, 0.15) is 6.54 Å². The maximum absolute atomic E-state index is 12.3. The molecule has 0 saturated heterocycles. The molecule has 1 atom stereocenters. The van der Waals surface area contributed by atoms with E-state index >= 15 is 0 Å². The molecule has 2 aromatic rings. The largest absolute Gasteiger partial charge is 0.319 e. The lowest BCUT2D eigenvalue weighted by Crippen LogP contribution is -2.95. The molecule has 0 aromatic heterocycles. The SMILES string of the molecule is O=C(N[C@@H]([NH2+]Cc1ccccc1)C(Cl)(Cl)Cl)c1ccccc1Cl. The Morgan fingerprint density at radius 1 is 1.04 bits per heavy atom. The van der Waals surface area contributed by atoms with E-state index in [1.54, 1.807) is 29.6 Å². The third kappa shape index (κ3) is 5.55. The Labute approximate surface area is 154 Å². The number of alkyl halides is 3. The van der Waals surface area contributed by atoms with Crippen molar-refractivity contribution < 1.29 is 10.1 Å². The maximum atomic E-state index is 12.3. The number of quaternary nitrogens is 1. The zero-order valence-corrected chi connectivity index (χ0v) is 15.0. The summed E-state index contributed by atoms with van der Waals surface area (Å²) in [6, 6.07) is 16.4. The van der Waals surface area contributed by atoms with E-state index in [0.29, 0.717) is 17.1 Å². The van der Waals surface area contributed by atoms with Crippen LogP contribution >= 0.6 is 46.4 Å². The molecule has 0 aliphatic rings. The minimum Gasteiger partial charge on any atom is -0.319 e. The first-order valence-electron chi connectivity index (χ1n) is 6.87. The number of carbonyl (C=O) groups excluding carboxylic acids is 1. The van der Waals surface area contributed by atoms with Crippen LogP contribution in [0.5, 0.6) is 0 Å². The first-order chi connectivity index (χ1) is 10.9. The quantitative estimate of drug-likeness (QED) is 0.593. The molecule has 1 amide bonds. The molecule has 0 unspecified atom stereocenters. The van der Waals surface area contributed by atoms with E-state index in [-0.39, 0.29) is 0 Å². The average molecular weight is 393 g/mol. The van der Waals surface area contributed by atoms with Gasteiger partial charge in [-0.05, 0) is 12.1 Å². The Morgan fingerprint density at radius 2 is 1.65 bits per heavy atom. The number of nitrogens with one attached hydrogen (secondary N) is 1. The van der Waals surface area contributed by atoms with Crippen LogP contribution < -0.4 is 10.6 Å². The highest BCUT2D eigenvalue weighted by Gasteiger charge is 2.37. The average Bonchev–Trinajstić information content (AvgIpc) is 2.51. The van der Waals surface area contributed by atoms with Crippen molar-refractivity contribution in [1.29, 1.82) is 0 Å². The predicted octanol–water partition coefficient (Wildman–Crippen LogP) is 3.53. The topological polar surface area (TPSA) is 45.7 Å². The van der Waals surface area contributed by atoms with Gasteiger partial charge in [-0.2, -0.15) is 0 Å². The van der Waals surface area contributed by atoms with E-state index in [4.69, 9.17) is 46.4 Å². The fraction of sp³-hybridized carbons (Fsp3) is 0.188. The number of nitrogens with two attached hydrogens (primary N) is 1. The monoisotopic (exact) mass is 391 g/mol. The number of amides is 1. The standard InChI is InChI=1S/C16H14Cl4N2O/c17-13-9-5-4-8-12(13)14(23)22-15(16(18,19)20)21-10-11-6-2-1-3-7-11/h1-9,15,21H,10H2,(H,22,23)/p+1/t15-/m1/s1. The third-order valence-electron chi connectivity index (χ3n) is 3.19. The fourth-order valence-corrected chi connectivity index (χ4v) is 2.66. The lowest BCUT2D eigenvalue weighted by Gasteiger charge is -2.23. The van der Waals surface area contributed by atoms with Crippen LogP contribution in [-0.2, 0) is 6.54 Å². The lowest BCUT2D eigenvalue weighted by atomic mass is 10.2. The Hall–Kier alpha value is -0.970. The highest BCUT2D eigenvalue weighted by molar-refractivity contribution is 6.68. The summed E-state index contributed by atoms with van der Waals surface area (Å²) in [7, 11) is 0. The van der Waals surface area contributed by atoms with Crippen LogP contribution in [0.2, 0.25) is 5.02 Å². The molecule has 0 radical (unpaired) electrons. The number of carbonyl (C=O) groups is 1. The van der Waals surface area contributed by atoms with Crippen molar-refractivity contribution in [1.82, 2.24) is 5.32 Å². The number of rotatable bonds is 5. The number of hydrogen-bond donors (Lipinski definition) is 2. The van der Waals surface area contributed by atoms with E-state index in [0.717, 1.165) is 5.56 Å². The van der Waals surface area contributed by atoms with Crippen LogP contribution in [-0.4, -0.2) is 15.9 Å². The fourth-order valence-electron chi connectivity index (χ4n) is 2.01. The molecule has 0 aliphatic heterocycles. The van der Waals surface area contributed by atoms with Crippen LogP contribution in [0.15, 0.2) is 54.6 Å². The van der Waals surface area contributed by atoms with Crippen LogP contribution in [0, 0.1) is 0 Å². The summed E-state index contributed by atoms with van der Waals surface area (Å²) in [6.45, 7) is 0.558. The molecule has 23 heavy (non-hydrogen) atoms. The van der Waals surface area contributed by atoms with E-state index < -0.39 is 15.9 Å².